The van der Waals surface area contributed by atoms with Gasteiger partial charge in [-0.05, 0) is 46.9 Å². The van der Waals surface area contributed by atoms with Gasteiger partial charge in [0.25, 0.3) is 0 Å². The maximum Gasteiger partial charge on any atom is 0.0224 e. The molecule has 1 aliphatic carbocycles. The Morgan fingerprint density at radius 2 is 1.00 bits per heavy atom. The Bertz CT molecular complexity index is 637. The SMILES string of the molecule is CC(C)c1ccc(CN[C@@H]2CCCC[C@H]2NCc2ccc(C(C)C)cc2)cc1. The predicted molar refractivity (Wildman–Crippen MR) is 121 cm³/mol. The maximum atomic E-state index is 3.83. The molecule has 0 radical (unpaired) electrons. The minimum absolute atomic E-state index is 0.563. The molecule has 0 bridgehead atoms. The lowest BCUT2D eigenvalue weighted by atomic mass is 9.89. The Hall–Kier alpha value is -1.64. The quantitative estimate of drug-likeness (QED) is 0.578. The Labute approximate surface area is 172 Å². The molecule has 1 aliphatic rings. The van der Waals surface area contributed by atoms with Crippen LogP contribution in [0.5, 0.6) is 0 Å². The fraction of sp³-hybridized carbons (Fsp3) is 0.538. The monoisotopic (exact) mass is 378 g/mol. The molecule has 152 valence electrons. The maximum absolute atomic E-state index is 3.83. The first kappa shape index (κ1) is 21.1. The van der Waals surface area contributed by atoms with Crippen LogP contribution in [0, 0.1) is 0 Å². The minimum atomic E-state index is 0.563. The number of nitrogens with one attached hydrogen (secondary N) is 2. The highest BCUT2D eigenvalue weighted by Crippen LogP contribution is 2.21. The van der Waals surface area contributed by atoms with Crippen molar-refractivity contribution in [3.05, 3.63) is 70.8 Å². The van der Waals surface area contributed by atoms with E-state index in [1.807, 2.05) is 0 Å². The molecule has 1 saturated carbocycles. The van der Waals surface area contributed by atoms with Gasteiger partial charge in [0.2, 0.25) is 0 Å². The molecule has 0 amide bonds. The van der Waals surface area contributed by atoms with Crippen LogP contribution in [0.2, 0.25) is 0 Å². The summed E-state index contributed by atoms with van der Waals surface area (Å²) in [5.74, 6) is 1.20. The molecule has 1 fully saturated rings. The standard InChI is InChI=1S/C26H38N2/c1-19(2)23-13-9-21(10-14-23)17-27-25-7-5-6-8-26(25)28-18-22-11-15-24(16-12-22)20(3)4/h9-16,19-20,25-28H,5-8,17-18H2,1-4H3/t25-,26-/m1/s1. The second-order valence-electron chi connectivity index (χ2n) is 9.05. The lowest BCUT2D eigenvalue weighted by Gasteiger charge is -2.33. The molecule has 0 spiro atoms. The number of hydrogen-bond acceptors (Lipinski definition) is 2. The molecule has 2 nitrogen and oxygen atoms in total. The Morgan fingerprint density at radius 3 is 1.32 bits per heavy atom. The van der Waals surface area contributed by atoms with Crippen molar-refractivity contribution >= 4 is 0 Å². The van der Waals surface area contributed by atoms with E-state index >= 15 is 0 Å². The first-order chi connectivity index (χ1) is 13.5. The van der Waals surface area contributed by atoms with Crippen LogP contribution in [0.25, 0.3) is 0 Å². The molecule has 0 saturated heterocycles. The van der Waals surface area contributed by atoms with Gasteiger partial charge < -0.3 is 10.6 Å². The van der Waals surface area contributed by atoms with Crippen molar-refractivity contribution in [1.82, 2.24) is 10.6 Å². The van der Waals surface area contributed by atoms with Gasteiger partial charge in [0, 0.05) is 25.2 Å². The molecule has 3 rings (SSSR count). The number of benzene rings is 2. The van der Waals surface area contributed by atoms with Gasteiger partial charge in [-0.25, -0.2) is 0 Å². The molecule has 28 heavy (non-hydrogen) atoms. The zero-order valence-electron chi connectivity index (χ0n) is 18.2. The van der Waals surface area contributed by atoms with Crippen LogP contribution >= 0.6 is 0 Å². The lowest BCUT2D eigenvalue weighted by Crippen LogP contribution is -2.49. The predicted octanol–water partition coefficient (Wildman–Crippen LogP) is 6.12. The summed E-state index contributed by atoms with van der Waals surface area (Å²) in [5, 5.41) is 7.67. The number of rotatable bonds is 8. The molecule has 2 atom stereocenters. The van der Waals surface area contributed by atoms with Crippen molar-refractivity contribution in [1.29, 1.82) is 0 Å². The average molecular weight is 379 g/mol. The molecule has 0 heterocycles. The Kier molecular flexibility index (Phi) is 7.70. The van der Waals surface area contributed by atoms with Crippen molar-refractivity contribution in [2.24, 2.45) is 0 Å². The van der Waals surface area contributed by atoms with Gasteiger partial charge >= 0.3 is 0 Å². The van der Waals surface area contributed by atoms with Crippen LogP contribution in [0.15, 0.2) is 48.5 Å². The lowest BCUT2D eigenvalue weighted by molar-refractivity contribution is 0.281. The summed E-state index contributed by atoms with van der Waals surface area (Å²) in [6.07, 6.45) is 5.22. The highest BCUT2D eigenvalue weighted by molar-refractivity contribution is 5.25. The summed E-state index contributed by atoms with van der Waals surface area (Å²) in [4.78, 5) is 0. The van der Waals surface area contributed by atoms with E-state index in [1.54, 1.807) is 0 Å². The zero-order chi connectivity index (χ0) is 19.9. The number of hydrogen-bond donors (Lipinski definition) is 2. The first-order valence-corrected chi connectivity index (χ1v) is 11.2. The second kappa shape index (κ2) is 10.2. The zero-order valence-corrected chi connectivity index (χ0v) is 18.2. The molecule has 0 aromatic heterocycles. The summed E-state index contributed by atoms with van der Waals surface area (Å²) in [6, 6.07) is 19.4. The summed E-state index contributed by atoms with van der Waals surface area (Å²) in [5.41, 5.74) is 5.62. The van der Waals surface area contributed by atoms with E-state index in [9.17, 15) is 0 Å². The van der Waals surface area contributed by atoms with E-state index in [-0.39, 0.29) is 0 Å². The molecule has 0 aliphatic heterocycles. The summed E-state index contributed by atoms with van der Waals surface area (Å²) >= 11 is 0. The largest absolute Gasteiger partial charge is 0.308 e. The van der Waals surface area contributed by atoms with Gasteiger partial charge in [-0.3, -0.25) is 0 Å². The molecule has 0 unspecified atom stereocenters. The van der Waals surface area contributed by atoms with E-state index in [2.05, 4.69) is 86.9 Å². The van der Waals surface area contributed by atoms with E-state index in [0.29, 0.717) is 23.9 Å². The third kappa shape index (κ3) is 5.93. The van der Waals surface area contributed by atoms with E-state index in [4.69, 9.17) is 0 Å². The van der Waals surface area contributed by atoms with Gasteiger partial charge in [-0.2, -0.15) is 0 Å². The van der Waals surface area contributed by atoms with E-state index < -0.39 is 0 Å². The normalized spacial score (nSPS) is 20.1. The van der Waals surface area contributed by atoms with Crippen molar-refractivity contribution in [2.45, 2.75) is 90.4 Å². The summed E-state index contributed by atoms with van der Waals surface area (Å²) in [7, 11) is 0. The minimum Gasteiger partial charge on any atom is -0.308 e. The summed E-state index contributed by atoms with van der Waals surface area (Å²) in [6.45, 7) is 10.9. The molecule has 2 N–H and O–H groups in total. The van der Waals surface area contributed by atoms with Crippen LogP contribution in [0.4, 0.5) is 0 Å². The molecular formula is C26H38N2. The second-order valence-corrected chi connectivity index (χ2v) is 9.05. The van der Waals surface area contributed by atoms with Gasteiger partial charge in [0.1, 0.15) is 0 Å². The average Bonchev–Trinajstić information content (AvgIpc) is 2.72. The van der Waals surface area contributed by atoms with Gasteiger partial charge in [0.15, 0.2) is 0 Å². The van der Waals surface area contributed by atoms with E-state index in [0.717, 1.165) is 13.1 Å². The smallest absolute Gasteiger partial charge is 0.0224 e. The fourth-order valence-corrected chi connectivity index (χ4v) is 4.16. The van der Waals surface area contributed by atoms with Crippen LogP contribution in [-0.4, -0.2) is 12.1 Å². The van der Waals surface area contributed by atoms with Crippen molar-refractivity contribution in [3.8, 4) is 0 Å². The molecular weight excluding hydrogens is 340 g/mol. The Morgan fingerprint density at radius 1 is 0.643 bits per heavy atom. The first-order valence-electron chi connectivity index (χ1n) is 11.2. The third-order valence-corrected chi connectivity index (χ3v) is 6.20. The highest BCUT2D eigenvalue weighted by atomic mass is 15.0. The van der Waals surface area contributed by atoms with Crippen molar-refractivity contribution in [3.63, 3.8) is 0 Å². The van der Waals surface area contributed by atoms with Gasteiger partial charge in [-0.1, -0.05) is 89.1 Å². The molecule has 2 aromatic carbocycles. The van der Waals surface area contributed by atoms with Crippen molar-refractivity contribution < 1.29 is 0 Å². The molecule has 2 aromatic rings. The molecule has 2 heteroatoms. The third-order valence-electron chi connectivity index (χ3n) is 6.20. The van der Waals surface area contributed by atoms with Gasteiger partial charge in [-0.15, -0.1) is 0 Å². The summed E-state index contributed by atoms with van der Waals surface area (Å²) < 4.78 is 0. The van der Waals surface area contributed by atoms with Crippen molar-refractivity contribution in [2.75, 3.05) is 0 Å². The highest BCUT2D eigenvalue weighted by Gasteiger charge is 2.24. The van der Waals surface area contributed by atoms with Crippen LogP contribution in [0.1, 0.15) is 87.5 Å². The van der Waals surface area contributed by atoms with Crippen LogP contribution in [0.3, 0.4) is 0 Å². The Balaban J connectivity index is 1.51. The van der Waals surface area contributed by atoms with Gasteiger partial charge in [0.05, 0.1) is 0 Å². The fourth-order valence-electron chi connectivity index (χ4n) is 4.16. The topological polar surface area (TPSA) is 24.1 Å². The van der Waals surface area contributed by atoms with Crippen LogP contribution in [-0.2, 0) is 13.1 Å². The van der Waals surface area contributed by atoms with Crippen LogP contribution < -0.4 is 10.6 Å². The van der Waals surface area contributed by atoms with E-state index in [1.165, 1.54) is 47.9 Å².